The quantitative estimate of drug-likeness (QED) is 0.162. The Hall–Kier alpha value is -2.10. The molecule has 0 saturated carbocycles. The van der Waals surface area contributed by atoms with E-state index in [-0.39, 0.29) is 6.29 Å². The molecule has 3 nitrogen and oxygen atoms in total. The first-order valence-corrected chi connectivity index (χ1v) is 14.4. The van der Waals surface area contributed by atoms with Crippen LogP contribution >= 0.6 is 0 Å². The highest BCUT2D eigenvalue weighted by atomic mass is 16.7. The van der Waals surface area contributed by atoms with Crippen LogP contribution < -0.4 is 4.74 Å². The van der Waals surface area contributed by atoms with Gasteiger partial charge in [0, 0.05) is 11.5 Å². The molecule has 0 unspecified atom stereocenters. The third-order valence-corrected chi connectivity index (χ3v) is 7.41. The van der Waals surface area contributed by atoms with Crippen molar-refractivity contribution in [3.05, 3.63) is 66.7 Å². The van der Waals surface area contributed by atoms with E-state index in [0.29, 0.717) is 5.92 Å². The first-order chi connectivity index (χ1) is 17.7. The summed E-state index contributed by atoms with van der Waals surface area (Å²) in [6.07, 6.45) is 15.6. The van der Waals surface area contributed by atoms with Crippen LogP contribution in [-0.2, 0) is 9.47 Å². The number of ether oxygens (including phenoxy) is 3. The largest absolute Gasteiger partial charge is 0.494 e. The number of hydrogen-bond donors (Lipinski definition) is 0. The molecule has 198 valence electrons. The van der Waals surface area contributed by atoms with E-state index in [1.54, 1.807) is 0 Å². The minimum absolute atomic E-state index is 0.244. The van der Waals surface area contributed by atoms with Crippen LogP contribution in [0.25, 0.3) is 11.1 Å². The van der Waals surface area contributed by atoms with Gasteiger partial charge in [-0.1, -0.05) is 94.8 Å². The van der Waals surface area contributed by atoms with Gasteiger partial charge < -0.3 is 14.2 Å². The molecule has 2 aromatic rings. The Morgan fingerprint density at radius 3 is 2.11 bits per heavy atom. The molecule has 0 radical (unpaired) electrons. The highest BCUT2D eigenvalue weighted by Gasteiger charge is 2.23. The second kappa shape index (κ2) is 16.6. The van der Waals surface area contributed by atoms with Gasteiger partial charge in [0.1, 0.15) is 5.75 Å². The average Bonchev–Trinajstić information content (AvgIpc) is 2.93. The number of benzene rings is 2. The van der Waals surface area contributed by atoms with Crippen molar-refractivity contribution in [1.82, 2.24) is 0 Å². The van der Waals surface area contributed by atoms with Crippen LogP contribution in [0.15, 0.2) is 61.2 Å². The van der Waals surface area contributed by atoms with Crippen molar-refractivity contribution in [2.75, 3.05) is 19.8 Å². The Kier molecular flexibility index (Phi) is 13.1. The summed E-state index contributed by atoms with van der Waals surface area (Å²) in [5.74, 6) is 2.25. The Balaban J connectivity index is 1.34. The number of unbranched alkanes of at least 4 members (excludes halogenated alkanes) is 6. The molecular weight excluding hydrogens is 444 g/mol. The molecule has 3 heteroatoms. The van der Waals surface area contributed by atoms with E-state index in [2.05, 4.69) is 69.0 Å². The zero-order chi connectivity index (χ0) is 25.4. The van der Waals surface area contributed by atoms with Crippen molar-refractivity contribution in [2.24, 2.45) is 11.8 Å². The predicted octanol–water partition coefficient (Wildman–Crippen LogP) is 9.53. The summed E-state index contributed by atoms with van der Waals surface area (Å²) in [4.78, 5) is 0. The summed E-state index contributed by atoms with van der Waals surface area (Å²) >= 11 is 0. The molecule has 0 aromatic heterocycles. The lowest BCUT2D eigenvalue weighted by atomic mass is 10.00. The topological polar surface area (TPSA) is 27.7 Å². The summed E-state index contributed by atoms with van der Waals surface area (Å²) in [5, 5.41) is 0. The van der Waals surface area contributed by atoms with Crippen LogP contribution in [0.1, 0.15) is 96.3 Å². The van der Waals surface area contributed by atoms with Crippen molar-refractivity contribution < 1.29 is 14.2 Å². The lowest BCUT2D eigenvalue weighted by Gasteiger charge is -2.29. The van der Waals surface area contributed by atoms with Gasteiger partial charge in [0.05, 0.1) is 19.8 Å². The Labute approximate surface area is 220 Å². The molecule has 1 aliphatic heterocycles. The average molecular weight is 493 g/mol. The second-order valence-corrected chi connectivity index (χ2v) is 10.5. The fraction of sp³-hybridized carbons (Fsp3) is 0.576. The summed E-state index contributed by atoms with van der Waals surface area (Å²) in [6, 6.07) is 17.0. The second-order valence-electron chi connectivity index (χ2n) is 10.5. The molecule has 0 N–H and O–H groups in total. The van der Waals surface area contributed by atoms with E-state index >= 15 is 0 Å². The molecule has 2 aromatic carbocycles. The standard InChI is InChI=1S/C33H48O3/c1-4-6-7-8-9-10-11-12-15-28-25-35-33(36-26-28)31-18-16-29(17-19-31)30-20-22-32(23-21-30)34-24-13-14-27(3)5-2/h4,16-23,27-28,33H,1,5-15,24-26H2,2-3H3/t27-,28-,33-/m0/s1. The van der Waals surface area contributed by atoms with Crippen LogP contribution in [0.2, 0.25) is 0 Å². The van der Waals surface area contributed by atoms with E-state index in [1.807, 2.05) is 6.08 Å². The van der Waals surface area contributed by atoms with E-state index in [4.69, 9.17) is 14.2 Å². The van der Waals surface area contributed by atoms with Gasteiger partial charge in [-0.25, -0.2) is 0 Å². The van der Waals surface area contributed by atoms with E-state index in [0.717, 1.165) is 49.9 Å². The summed E-state index contributed by atoms with van der Waals surface area (Å²) in [6.45, 7) is 10.7. The first kappa shape index (κ1) is 28.5. The first-order valence-electron chi connectivity index (χ1n) is 14.4. The van der Waals surface area contributed by atoms with Crippen molar-refractivity contribution in [3.8, 4) is 16.9 Å². The molecule has 1 fully saturated rings. The molecule has 1 saturated heterocycles. The van der Waals surface area contributed by atoms with Crippen LogP contribution in [0.3, 0.4) is 0 Å². The summed E-state index contributed by atoms with van der Waals surface area (Å²) in [5.41, 5.74) is 3.48. The molecule has 0 bridgehead atoms. The SMILES string of the molecule is C=CCCCCCCCC[C@H]1CO[C@H](c2ccc(-c3ccc(OCCC[C@@H](C)CC)cc3)cc2)OC1. The molecular formula is C33H48O3. The van der Waals surface area contributed by atoms with Gasteiger partial charge in [-0.3, -0.25) is 0 Å². The lowest BCUT2D eigenvalue weighted by Crippen LogP contribution is -2.27. The highest BCUT2D eigenvalue weighted by molar-refractivity contribution is 5.64. The zero-order valence-corrected chi connectivity index (χ0v) is 22.8. The van der Waals surface area contributed by atoms with Crippen molar-refractivity contribution >= 4 is 0 Å². The molecule has 1 aliphatic rings. The maximum Gasteiger partial charge on any atom is 0.183 e. The number of allylic oxidation sites excluding steroid dienone is 1. The predicted molar refractivity (Wildman–Crippen MR) is 151 cm³/mol. The van der Waals surface area contributed by atoms with Crippen molar-refractivity contribution in [2.45, 2.75) is 90.8 Å². The summed E-state index contributed by atoms with van der Waals surface area (Å²) < 4.78 is 18.1. The van der Waals surface area contributed by atoms with Crippen LogP contribution in [0.4, 0.5) is 0 Å². The lowest BCUT2D eigenvalue weighted by molar-refractivity contribution is -0.206. The highest BCUT2D eigenvalue weighted by Crippen LogP contribution is 2.30. The monoisotopic (exact) mass is 492 g/mol. The molecule has 36 heavy (non-hydrogen) atoms. The van der Waals surface area contributed by atoms with Gasteiger partial charge in [-0.05, 0) is 61.3 Å². The van der Waals surface area contributed by atoms with Gasteiger partial charge in [-0.2, -0.15) is 0 Å². The Bertz CT molecular complexity index is 834. The normalized spacial score (nSPS) is 18.6. The number of rotatable bonds is 17. The van der Waals surface area contributed by atoms with E-state index in [9.17, 15) is 0 Å². The Morgan fingerprint density at radius 1 is 0.861 bits per heavy atom. The number of hydrogen-bond acceptors (Lipinski definition) is 3. The van der Waals surface area contributed by atoms with E-state index in [1.165, 1.54) is 68.9 Å². The minimum Gasteiger partial charge on any atom is -0.494 e. The van der Waals surface area contributed by atoms with Gasteiger partial charge in [0.15, 0.2) is 6.29 Å². The molecule has 1 atom stereocenters. The molecule has 0 spiro atoms. The van der Waals surface area contributed by atoms with Crippen LogP contribution in [0.5, 0.6) is 5.75 Å². The third kappa shape index (κ3) is 10.1. The maximum absolute atomic E-state index is 6.08. The summed E-state index contributed by atoms with van der Waals surface area (Å²) in [7, 11) is 0. The zero-order valence-electron chi connectivity index (χ0n) is 22.8. The van der Waals surface area contributed by atoms with Gasteiger partial charge >= 0.3 is 0 Å². The van der Waals surface area contributed by atoms with Gasteiger partial charge in [0.25, 0.3) is 0 Å². The molecule has 3 rings (SSSR count). The van der Waals surface area contributed by atoms with Crippen molar-refractivity contribution in [1.29, 1.82) is 0 Å². The van der Waals surface area contributed by atoms with Gasteiger partial charge in [-0.15, -0.1) is 6.58 Å². The molecule has 0 aliphatic carbocycles. The van der Waals surface area contributed by atoms with Crippen LogP contribution in [-0.4, -0.2) is 19.8 Å². The van der Waals surface area contributed by atoms with E-state index < -0.39 is 0 Å². The maximum atomic E-state index is 6.08. The van der Waals surface area contributed by atoms with Crippen molar-refractivity contribution in [3.63, 3.8) is 0 Å². The smallest absolute Gasteiger partial charge is 0.183 e. The fourth-order valence-electron chi connectivity index (χ4n) is 4.73. The molecule has 0 amide bonds. The van der Waals surface area contributed by atoms with Crippen LogP contribution in [0, 0.1) is 11.8 Å². The molecule has 1 heterocycles. The fourth-order valence-corrected chi connectivity index (χ4v) is 4.73. The Morgan fingerprint density at radius 2 is 1.47 bits per heavy atom. The minimum atomic E-state index is -0.244. The third-order valence-electron chi connectivity index (χ3n) is 7.41. The van der Waals surface area contributed by atoms with Gasteiger partial charge in [0.2, 0.25) is 0 Å².